The van der Waals surface area contributed by atoms with Gasteiger partial charge in [0.2, 0.25) is 0 Å². The summed E-state index contributed by atoms with van der Waals surface area (Å²) in [5, 5.41) is 0. The molecule has 0 aliphatic carbocycles. The van der Waals surface area contributed by atoms with Crippen molar-refractivity contribution in [2.45, 2.75) is 80.1 Å². The maximum absolute atomic E-state index is 4.81. The number of aromatic nitrogens is 4. The van der Waals surface area contributed by atoms with E-state index in [1.807, 2.05) is 0 Å². The molecule has 4 heteroatoms. The molecule has 0 unspecified atom stereocenters. The molecule has 0 atom stereocenters. The van der Waals surface area contributed by atoms with Crippen molar-refractivity contribution in [3.05, 3.63) is 58.2 Å². The molecule has 0 bridgehead atoms. The van der Waals surface area contributed by atoms with Crippen molar-refractivity contribution in [1.29, 1.82) is 0 Å². The number of fused-ring (bicyclic) bond motifs is 2. The molecule has 2 heterocycles. The van der Waals surface area contributed by atoms with Gasteiger partial charge >= 0.3 is 0 Å². The summed E-state index contributed by atoms with van der Waals surface area (Å²) in [4.78, 5) is 9.56. The second kappa shape index (κ2) is 8.06. The summed E-state index contributed by atoms with van der Waals surface area (Å²) >= 11 is 0. The minimum Gasteiger partial charge on any atom is -0.331 e. The average molecular weight is 433 g/mol. The van der Waals surface area contributed by atoms with Crippen LogP contribution in [0.4, 0.5) is 0 Å². The lowest BCUT2D eigenvalue weighted by molar-refractivity contribution is 0.526. The van der Waals surface area contributed by atoms with Crippen LogP contribution in [0.1, 0.15) is 75.4 Å². The van der Waals surface area contributed by atoms with E-state index in [-0.39, 0.29) is 10.8 Å². The Morgan fingerprint density at radius 3 is 1.66 bits per heavy atom. The Kier molecular flexibility index (Phi) is 6.05. The number of hydrogen-bond donors (Lipinski definition) is 0. The van der Waals surface area contributed by atoms with Crippen LogP contribution in [-0.2, 0) is 24.9 Å². The molecule has 0 radical (unpaired) electrons. The van der Waals surface area contributed by atoms with Crippen molar-refractivity contribution >= 4 is 22.1 Å². The number of rotatable bonds is 0. The third kappa shape index (κ3) is 4.32. The molecular formula is C28H40N4. The maximum atomic E-state index is 4.81. The Balaban J connectivity index is 0.000000181. The van der Waals surface area contributed by atoms with Gasteiger partial charge in [0, 0.05) is 24.9 Å². The van der Waals surface area contributed by atoms with E-state index in [1.54, 1.807) is 0 Å². The Labute approximate surface area is 193 Å². The topological polar surface area (TPSA) is 35.6 Å². The molecule has 4 rings (SSSR count). The molecule has 0 spiro atoms. The van der Waals surface area contributed by atoms with E-state index in [0.29, 0.717) is 0 Å². The quantitative estimate of drug-likeness (QED) is 0.301. The van der Waals surface area contributed by atoms with Gasteiger partial charge in [-0.3, -0.25) is 0 Å². The number of hydrogen-bond acceptors (Lipinski definition) is 2. The van der Waals surface area contributed by atoms with E-state index in [4.69, 9.17) is 9.97 Å². The number of imidazole rings is 2. The van der Waals surface area contributed by atoms with E-state index in [0.717, 1.165) is 22.7 Å². The molecule has 2 aromatic heterocycles. The summed E-state index contributed by atoms with van der Waals surface area (Å²) < 4.78 is 4.44. The summed E-state index contributed by atoms with van der Waals surface area (Å²) in [6, 6.07) is 8.73. The van der Waals surface area contributed by atoms with Crippen molar-refractivity contribution in [3.63, 3.8) is 0 Å². The lowest BCUT2D eigenvalue weighted by atomic mass is 9.96. The first-order valence-corrected chi connectivity index (χ1v) is 11.5. The molecule has 0 amide bonds. The third-order valence-electron chi connectivity index (χ3n) is 6.26. The first kappa shape index (κ1) is 24.0. The second-order valence-electron chi connectivity index (χ2n) is 11.3. The van der Waals surface area contributed by atoms with Gasteiger partial charge < -0.3 is 9.13 Å². The van der Waals surface area contributed by atoms with Gasteiger partial charge in [0.15, 0.2) is 0 Å². The molecule has 32 heavy (non-hydrogen) atoms. The highest BCUT2D eigenvalue weighted by molar-refractivity contribution is 5.83. The van der Waals surface area contributed by atoms with Crippen LogP contribution in [0.2, 0.25) is 0 Å². The Hall–Kier alpha value is -2.62. The van der Waals surface area contributed by atoms with Crippen LogP contribution in [-0.4, -0.2) is 19.1 Å². The average Bonchev–Trinajstić information content (AvgIpc) is 3.18. The maximum Gasteiger partial charge on any atom is 0.115 e. The molecule has 0 saturated heterocycles. The molecule has 0 N–H and O–H groups in total. The highest BCUT2D eigenvalue weighted by Crippen LogP contribution is 2.29. The summed E-state index contributed by atoms with van der Waals surface area (Å²) in [6.45, 7) is 21.8. The predicted molar refractivity (Wildman–Crippen MR) is 138 cm³/mol. The fourth-order valence-corrected chi connectivity index (χ4v) is 4.42. The zero-order valence-corrected chi connectivity index (χ0v) is 22.1. The van der Waals surface area contributed by atoms with Crippen molar-refractivity contribution in [3.8, 4) is 0 Å². The monoisotopic (exact) mass is 432 g/mol. The highest BCUT2D eigenvalue weighted by Gasteiger charge is 2.23. The molecule has 172 valence electrons. The van der Waals surface area contributed by atoms with Crippen LogP contribution in [0.15, 0.2) is 24.3 Å². The van der Waals surface area contributed by atoms with Gasteiger partial charge in [-0.2, -0.15) is 0 Å². The van der Waals surface area contributed by atoms with Gasteiger partial charge in [-0.05, 0) is 62.1 Å². The van der Waals surface area contributed by atoms with Gasteiger partial charge in [-0.25, -0.2) is 9.97 Å². The normalized spacial score (nSPS) is 12.4. The second-order valence-corrected chi connectivity index (χ2v) is 11.3. The Morgan fingerprint density at radius 1 is 0.625 bits per heavy atom. The minimum absolute atomic E-state index is 0.0899. The first-order chi connectivity index (χ1) is 14.6. The molecule has 0 fully saturated rings. The zero-order chi connectivity index (χ0) is 24.2. The van der Waals surface area contributed by atoms with Gasteiger partial charge in [0.25, 0.3) is 0 Å². The van der Waals surface area contributed by atoms with E-state index in [2.05, 4.69) is 117 Å². The van der Waals surface area contributed by atoms with E-state index >= 15 is 0 Å². The van der Waals surface area contributed by atoms with E-state index in [9.17, 15) is 0 Å². The lowest BCUT2D eigenvalue weighted by Crippen LogP contribution is -2.17. The molecular weight excluding hydrogens is 392 g/mol. The molecule has 2 aromatic carbocycles. The highest BCUT2D eigenvalue weighted by atomic mass is 15.1. The summed E-state index contributed by atoms with van der Waals surface area (Å²) in [5.41, 5.74) is 10.1. The number of aryl methyl sites for hydroxylation is 6. The Morgan fingerprint density at radius 2 is 1.12 bits per heavy atom. The van der Waals surface area contributed by atoms with Crippen LogP contribution in [0.3, 0.4) is 0 Å². The first-order valence-electron chi connectivity index (χ1n) is 11.5. The van der Waals surface area contributed by atoms with Gasteiger partial charge in [-0.1, -0.05) is 53.7 Å². The molecule has 4 aromatic rings. The largest absolute Gasteiger partial charge is 0.331 e. The fraction of sp³-hybridized carbons (Fsp3) is 0.500. The molecule has 4 nitrogen and oxygen atoms in total. The zero-order valence-electron chi connectivity index (χ0n) is 22.1. The summed E-state index contributed by atoms with van der Waals surface area (Å²) in [7, 11) is 4.22. The van der Waals surface area contributed by atoms with Crippen molar-refractivity contribution in [1.82, 2.24) is 19.1 Å². The number of benzene rings is 2. The molecule has 0 aliphatic rings. The van der Waals surface area contributed by atoms with Gasteiger partial charge in [0.05, 0.1) is 22.1 Å². The smallest absolute Gasteiger partial charge is 0.115 e. The standard InChI is InChI=1S/2C14H20N2/c1-9-7-11-12(8-10(9)2)16(6)13(15-11)14(3,4)5;1-9-7-8-10(2)12-11(9)15-13(16(12)6)14(3,4)5/h2*7-8H,1-6H3. The number of nitrogens with zero attached hydrogens (tertiary/aromatic N) is 4. The van der Waals surface area contributed by atoms with Gasteiger partial charge in [-0.15, -0.1) is 0 Å². The SMILES string of the molecule is Cc1cc2nc(C(C)(C)C)n(C)c2cc1C.Cc1ccc(C)c2c1nc(C(C)(C)C)n2C. The predicted octanol–water partition coefficient (Wildman–Crippen LogP) is 6.98. The van der Waals surface area contributed by atoms with Crippen LogP contribution in [0.25, 0.3) is 22.1 Å². The van der Waals surface area contributed by atoms with Crippen LogP contribution >= 0.6 is 0 Å². The van der Waals surface area contributed by atoms with E-state index in [1.165, 1.54) is 33.3 Å². The van der Waals surface area contributed by atoms with Crippen molar-refractivity contribution in [2.75, 3.05) is 0 Å². The summed E-state index contributed by atoms with van der Waals surface area (Å²) in [6.07, 6.45) is 0. The fourth-order valence-electron chi connectivity index (χ4n) is 4.42. The van der Waals surface area contributed by atoms with Crippen LogP contribution in [0.5, 0.6) is 0 Å². The van der Waals surface area contributed by atoms with Crippen LogP contribution in [0, 0.1) is 27.7 Å². The van der Waals surface area contributed by atoms with Crippen molar-refractivity contribution in [2.24, 2.45) is 14.1 Å². The van der Waals surface area contributed by atoms with Crippen LogP contribution < -0.4 is 0 Å². The summed E-state index contributed by atoms with van der Waals surface area (Å²) in [5.74, 6) is 2.30. The molecule has 0 saturated carbocycles. The lowest BCUT2D eigenvalue weighted by Gasteiger charge is -2.17. The molecule has 0 aliphatic heterocycles. The third-order valence-corrected chi connectivity index (χ3v) is 6.26. The van der Waals surface area contributed by atoms with Crippen molar-refractivity contribution < 1.29 is 0 Å². The van der Waals surface area contributed by atoms with Gasteiger partial charge in [0.1, 0.15) is 11.6 Å². The minimum atomic E-state index is 0.0899. The Bertz CT molecular complexity index is 1290. The van der Waals surface area contributed by atoms with E-state index < -0.39 is 0 Å².